The van der Waals surface area contributed by atoms with Crippen LogP contribution in [0.4, 0.5) is 0 Å². The smallest absolute Gasteiger partial charge is 0.00746 e. The highest BCUT2D eigenvalue weighted by Gasteiger charge is 2.08. The summed E-state index contributed by atoms with van der Waals surface area (Å²) in [5, 5.41) is 3.34. The Hall–Kier alpha value is -0.860. The van der Waals surface area contributed by atoms with Crippen LogP contribution in [0.15, 0.2) is 18.2 Å². The maximum atomic E-state index is 5.44. The van der Waals surface area contributed by atoms with Crippen LogP contribution in [0.5, 0.6) is 0 Å². The summed E-state index contributed by atoms with van der Waals surface area (Å²) in [6, 6.07) is 7.01. The fourth-order valence-corrected chi connectivity index (χ4v) is 2.40. The number of hydrogen-bond donors (Lipinski definition) is 2. The molecule has 0 aliphatic heterocycles. The van der Waals surface area contributed by atoms with E-state index in [1.54, 1.807) is 11.1 Å². The SMILES string of the molecule is NCCNCCc1ccc2c(c1)CCCC2. The van der Waals surface area contributed by atoms with E-state index >= 15 is 0 Å². The van der Waals surface area contributed by atoms with Crippen molar-refractivity contribution >= 4 is 0 Å². The summed E-state index contributed by atoms with van der Waals surface area (Å²) in [7, 11) is 0. The Morgan fingerprint density at radius 3 is 2.69 bits per heavy atom. The second-order valence-electron chi connectivity index (χ2n) is 4.60. The van der Waals surface area contributed by atoms with Gasteiger partial charge in [0.25, 0.3) is 0 Å². The quantitative estimate of drug-likeness (QED) is 0.738. The molecule has 0 radical (unpaired) electrons. The highest BCUT2D eigenvalue weighted by Crippen LogP contribution is 2.22. The molecule has 0 bridgehead atoms. The Balaban J connectivity index is 1.90. The van der Waals surface area contributed by atoms with Gasteiger partial charge >= 0.3 is 0 Å². The summed E-state index contributed by atoms with van der Waals surface area (Å²) in [5.41, 5.74) is 10.1. The minimum absolute atomic E-state index is 0.726. The molecular formula is C14H22N2. The fraction of sp³-hybridized carbons (Fsp3) is 0.571. The molecule has 2 heteroatoms. The lowest BCUT2D eigenvalue weighted by molar-refractivity contribution is 0.675. The molecule has 0 amide bonds. The van der Waals surface area contributed by atoms with Crippen molar-refractivity contribution in [3.63, 3.8) is 0 Å². The maximum Gasteiger partial charge on any atom is 0.00746 e. The van der Waals surface area contributed by atoms with Crippen LogP contribution in [0.1, 0.15) is 29.5 Å². The lowest BCUT2D eigenvalue weighted by atomic mass is 9.90. The Morgan fingerprint density at radius 2 is 1.88 bits per heavy atom. The van der Waals surface area contributed by atoms with E-state index in [-0.39, 0.29) is 0 Å². The van der Waals surface area contributed by atoms with E-state index in [0.717, 1.165) is 26.1 Å². The fourth-order valence-electron chi connectivity index (χ4n) is 2.40. The molecular weight excluding hydrogens is 196 g/mol. The average molecular weight is 218 g/mol. The van der Waals surface area contributed by atoms with Gasteiger partial charge in [0.05, 0.1) is 0 Å². The maximum absolute atomic E-state index is 5.44. The number of nitrogens with two attached hydrogens (primary N) is 1. The summed E-state index contributed by atoms with van der Waals surface area (Å²) in [4.78, 5) is 0. The van der Waals surface area contributed by atoms with Crippen LogP contribution < -0.4 is 11.1 Å². The minimum atomic E-state index is 0.726. The largest absolute Gasteiger partial charge is 0.329 e. The van der Waals surface area contributed by atoms with Gasteiger partial charge in [-0.05, 0) is 55.3 Å². The topological polar surface area (TPSA) is 38.0 Å². The molecule has 0 aromatic heterocycles. The summed E-state index contributed by atoms with van der Waals surface area (Å²) in [5.74, 6) is 0. The predicted molar refractivity (Wildman–Crippen MR) is 68.7 cm³/mol. The molecule has 1 aliphatic carbocycles. The van der Waals surface area contributed by atoms with Crippen molar-refractivity contribution < 1.29 is 0 Å². The molecule has 0 heterocycles. The molecule has 0 fully saturated rings. The zero-order chi connectivity index (χ0) is 11.2. The number of rotatable bonds is 5. The summed E-state index contributed by atoms with van der Waals surface area (Å²) in [6.45, 7) is 2.69. The van der Waals surface area contributed by atoms with Gasteiger partial charge in [-0.3, -0.25) is 0 Å². The van der Waals surface area contributed by atoms with Crippen molar-refractivity contribution in [2.75, 3.05) is 19.6 Å². The standard InChI is InChI=1S/C14H22N2/c15-8-10-16-9-7-12-5-6-13-3-1-2-4-14(13)11-12/h5-6,11,16H,1-4,7-10,15H2. The molecule has 1 aliphatic rings. The first-order valence-electron chi connectivity index (χ1n) is 6.41. The van der Waals surface area contributed by atoms with Gasteiger partial charge in [-0.15, -0.1) is 0 Å². The molecule has 0 atom stereocenters. The lowest BCUT2D eigenvalue weighted by Gasteiger charge is -2.16. The molecule has 1 aromatic rings. The van der Waals surface area contributed by atoms with Gasteiger partial charge in [-0.25, -0.2) is 0 Å². The number of hydrogen-bond acceptors (Lipinski definition) is 2. The second kappa shape index (κ2) is 6.02. The van der Waals surface area contributed by atoms with Gasteiger partial charge in [0.15, 0.2) is 0 Å². The lowest BCUT2D eigenvalue weighted by Crippen LogP contribution is -2.24. The Labute approximate surface area is 98.2 Å². The van der Waals surface area contributed by atoms with Crippen LogP contribution in [0, 0.1) is 0 Å². The van der Waals surface area contributed by atoms with Gasteiger partial charge in [-0.1, -0.05) is 18.2 Å². The van der Waals surface area contributed by atoms with Crippen LogP contribution >= 0.6 is 0 Å². The van der Waals surface area contributed by atoms with Crippen LogP contribution in [-0.4, -0.2) is 19.6 Å². The molecule has 1 aromatic carbocycles. The van der Waals surface area contributed by atoms with E-state index < -0.39 is 0 Å². The predicted octanol–water partition coefficient (Wildman–Crippen LogP) is 1.66. The first-order valence-corrected chi connectivity index (χ1v) is 6.41. The van der Waals surface area contributed by atoms with E-state index in [9.17, 15) is 0 Å². The third-order valence-electron chi connectivity index (χ3n) is 3.32. The van der Waals surface area contributed by atoms with Crippen molar-refractivity contribution in [2.45, 2.75) is 32.1 Å². The highest BCUT2D eigenvalue weighted by molar-refractivity contribution is 5.33. The van der Waals surface area contributed by atoms with Gasteiger partial charge < -0.3 is 11.1 Å². The molecule has 16 heavy (non-hydrogen) atoms. The van der Waals surface area contributed by atoms with Gasteiger partial charge in [0, 0.05) is 13.1 Å². The highest BCUT2D eigenvalue weighted by atomic mass is 14.9. The van der Waals surface area contributed by atoms with E-state index in [0.29, 0.717) is 0 Å². The van der Waals surface area contributed by atoms with Crippen molar-refractivity contribution in [3.8, 4) is 0 Å². The van der Waals surface area contributed by atoms with Crippen LogP contribution in [-0.2, 0) is 19.3 Å². The minimum Gasteiger partial charge on any atom is -0.329 e. The molecule has 3 N–H and O–H groups in total. The number of nitrogens with one attached hydrogen (secondary N) is 1. The average Bonchev–Trinajstić information content (AvgIpc) is 2.34. The number of benzene rings is 1. The second-order valence-corrected chi connectivity index (χ2v) is 4.60. The van der Waals surface area contributed by atoms with Gasteiger partial charge in [-0.2, -0.15) is 0 Å². The van der Waals surface area contributed by atoms with Gasteiger partial charge in [0.1, 0.15) is 0 Å². The van der Waals surface area contributed by atoms with Crippen LogP contribution in [0.25, 0.3) is 0 Å². The first kappa shape index (κ1) is 11.6. The van der Waals surface area contributed by atoms with Gasteiger partial charge in [0.2, 0.25) is 0 Å². The molecule has 0 unspecified atom stereocenters. The number of aryl methyl sites for hydroxylation is 2. The van der Waals surface area contributed by atoms with Crippen molar-refractivity contribution in [2.24, 2.45) is 5.73 Å². The summed E-state index contributed by atoms with van der Waals surface area (Å²) in [6.07, 6.45) is 6.40. The van der Waals surface area contributed by atoms with E-state index in [1.165, 1.54) is 31.2 Å². The van der Waals surface area contributed by atoms with E-state index in [1.807, 2.05) is 0 Å². The first-order chi connectivity index (χ1) is 7.90. The Bertz CT molecular complexity index is 334. The van der Waals surface area contributed by atoms with Crippen molar-refractivity contribution in [1.82, 2.24) is 5.32 Å². The summed E-state index contributed by atoms with van der Waals surface area (Å²) < 4.78 is 0. The van der Waals surface area contributed by atoms with Crippen molar-refractivity contribution in [1.29, 1.82) is 0 Å². The van der Waals surface area contributed by atoms with Crippen molar-refractivity contribution in [3.05, 3.63) is 34.9 Å². The monoisotopic (exact) mass is 218 g/mol. The van der Waals surface area contributed by atoms with E-state index in [4.69, 9.17) is 5.73 Å². The molecule has 2 nitrogen and oxygen atoms in total. The molecule has 0 saturated heterocycles. The normalized spacial score (nSPS) is 14.8. The molecule has 88 valence electrons. The third kappa shape index (κ3) is 3.06. The molecule has 2 rings (SSSR count). The van der Waals surface area contributed by atoms with E-state index in [2.05, 4.69) is 23.5 Å². The van der Waals surface area contributed by atoms with Crippen LogP contribution in [0.3, 0.4) is 0 Å². The Morgan fingerprint density at radius 1 is 1.06 bits per heavy atom. The zero-order valence-corrected chi connectivity index (χ0v) is 9.97. The third-order valence-corrected chi connectivity index (χ3v) is 3.32. The molecule has 0 saturated carbocycles. The number of fused-ring (bicyclic) bond motifs is 1. The molecule has 0 spiro atoms. The zero-order valence-electron chi connectivity index (χ0n) is 9.97. The summed E-state index contributed by atoms with van der Waals surface area (Å²) >= 11 is 0. The van der Waals surface area contributed by atoms with Crippen LogP contribution in [0.2, 0.25) is 0 Å². The Kier molecular flexibility index (Phi) is 4.37.